The topological polar surface area (TPSA) is 148 Å². The van der Waals surface area contributed by atoms with Gasteiger partial charge in [-0.3, -0.25) is 9.59 Å². The van der Waals surface area contributed by atoms with E-state index in [0.29, 0.717) is 6.61 Å². The van der Waals surface area contributed by atoms with Crippen LogP contribution in [-0.2, 0) is 25.7 Å². The molecule has 0 saturated heterocycles. The van der Waals surface area contributed by atoms with Crippen molar-refractivity contribution < 1.29 is 93.2 Å². The van der Waals surface area contributed by atoms with Gasteiger partial charge in [0.2, 0.25) is 0 Å². The molecule has 0 unspecified atom stereocenters. The number of carboxylic acid groups (broad SMARTS) is 2. The van der Waals surface area contributed by atoms with Gasteiger partial charge in [-0.2, -0.15) is 0 Å². The molecule has 0 amide bonds. The molecule has 2 radical (unpaired) electrons. The fourth-order valence-corrected chi connectivity index (χ4v) is 4.99. The average Bonchev–Trinajstić information content (AvgIpc) is 3.14. The van der Waals surface area contributed by atoms with Crippen LogP contribution in [0.25, 0.3) is 32.3 Å². The first-order chi connectivity index (χ1) is 26.1. The fraction of sp³-hybridized carbons (Fsp3) is 0.190. The Balaban J connectivity index is -0.000000653. The Morgan fingerprint density at radius 3 is 1.16 bits per heavy atom. The number of rotatable bonds is 3. The van der Waals surface area contributed by atoms with Crippen LogP contribution in [0.1, 0.15) is 58.9 Å². The van der Waals surface area contributed by atoms with E-state index in [4.69, 9.17) is 24.5 Å². The predicted molar refractivity (Wildman–Crippen MR) is 227 cm³/mol. The number of carboxylic acids is 2. The molecule has 6 aromatic carbocycles. The van der Waals surface area contributed by atoms with Crippen LogP contribution < -0.4 is 69.3 Å². The van der Waals surface area contributed by atoms with Crippen molar-refractivity contribution in [2.24, 2.45) is 8.60 Å². The van der Waals surface area contributed by atoms with Gasteiger partial charge in [0.1, 0.15) is 6.61 Å². The predicted octanol–water partition coefficient (Wildman–Crippen LogP) is 1.52. The van der Waals surface area contributed by atoms with E-state index >= 15 is 0 Å². The number of carbonyl (C=O) groups excluding carboxylic acids is 4. The van der Waals surface area contributed by atoms with E-state index < -0.39 is 11.9 Å². The minimum absolute atomic E-state index is 0. The van der Waals surface area contributed by atoms with Crippen LogP contribution in [0.15, 0.2) is 118 Å². The molecule has 0 aliphatic carbocycles. The van der Waals surface area contributed by atoms with Crippen LogP contribution in [0, 0.1) is 27.7 Å². The van der Waals surface area contributed by atoms with Crippen molar-refractivity contribution in [1.82, 2.24) is 0 Å². The minimum atomic E-state index is -1.08. The summed E-state index contributed by atoms with van der Waals surface area (Å²) in [5.74, 6) is -2.41. The molecule has 6 aromatic rings. The summed E-state index contributed by atoms with van der Waals surface area (Å²) >= 11 is 6.38. The second-order valence-electron chi connectivity index (χ2n) is 11.5. The van der Waals surface area contributed by atoms with E-state index in [1.165, 1.54) is 45.3 Å². The number of fused-ring (bicyclic) bond motifs is 3. The molecule has 0 atom stereocenters. The number of nitrogens with zero attached hydrogens (tertiary/aromatic N) is 2. The van der Waals surface area contributed by atoms with Crippen LogP contribution in [0.2, 0.25) is 0 Å². The zero-order valence-corrected chi connectivity index (χ0v) is 39.8. The fourth-order valence-electron chi connectivity index (χ4n) is 4.99. The van der Waals surface area contributed by atoms with Crippen LogP contribution in [0.5, 0.6) is 0 Å². The monoisotopic (exact) mass is 820 g/mol. The Labute approximate surface area is 393 Å². The third kappa shape index (κ3) is 23.6. The van der Waals surface area contributed by atoms with Crippen molar-refractivity contribution in [3.8, 4) is 0 Å². The van der Waals surface area contributed by atoms with E-state index in [9.17, 15) is 9.59 Å². The first-order valence-corrected chi connectivity index (χ1v) is 17.3. The van der Waals surface area contributed by atoms with Gasteiger partial charge < -0.3 is 24.5 Å². The van der Waals surface area contributed by atoms with Crippen molar-refractivity contribution in [1.29, 1.82) is 0 Å². The zero-order valence-electron chi connectivity index (χ0n) is 34.0. The Hall–Kier alpha value is -3.39. The van der Waals surface area contributed by atoms with Crippen LogP contribution in [-0.4, -0.2) is 39.5 Å². The van der Waals surface area contributed by atoms with Crippen molar-refractivity contribution in [3.63, 3.8) is 0 Å². The van der Waals surface area contributed by atoms with Gasteiger partial charge in [0.15, 0.2) is 6.29 Å². The maximum atomic E-state index is 10.8. The third-order valence-corrected chi connectivity index (χ3v) is 7.33. The van der Waals surface area contributed by atoms with Gasteiger partial charge in [-0.1, -0.05) is 109 Å². The van der Waals surface area contributed by atoms with Gasteiger partial charge in [-0.05, 0) is 102 Å². The molecule has 0 heterocycles. The smallest absolute Gasteiger partial charge is 1.00 e. The Morgan fingerprint density at radius 1 is 0.561 bits per heavy atom. The van der Waals surface area contributed by atoms with E-state index in [0.717, 1.165) is 47.4 Å². The molecular weight excluding hydrogens is 776 g/mol. The molecule has 0 aliphatic rings. The number of aliphatic carboxylic acids is 2. The largest absolute Gasteiger partial charge is 1.00 e. The van der Waals surface area contributed by atoms with Gasteiger partial charge >= 0.3 is 115 Å². The first-order valence-electron chi connectivity index (χ1n) is 16.5. The number of aldehydes is 1. The quantitative estimate of drug-likeness (QED) is 0.119. The summed E-state index contributed by atoms with van der Waals surface area (Å²) in [5, 5.41) is 25.1. The molecule has 0 aliphatic heterocycles. The van der Waals surface area contributed by atoms with Gasteiger partial charge in [-0.25, -0.2) is 0 Å². The minimum Gasteiger partial charge on any atom is 1.00 e. The number of benzene rings is 6. The molecule has 0 bridgehead atoms. The summed E-state index contributed by atoms with van der Waals surface area (Å²) in [6.45, 7) is 12.2. The maximum absolute atomic E-state index is 10.8. The third-order valence-electron chi connectivity index (χ3n) is 7.33. The van der Waals surface area contributed by atoms with E-state index in [-0.39, 0.29) is 65.1 Å². The number of thiol groups is 2. The molecule has 0 aromatic heterocycles. The average molecular weight is 821 g/mol. The Morgan fingerprint density at radius 2 is 0.825 bits per heavy atom. The summed E-state index contributed by atoms with van der Waals surface area (Å²) in [6.07, 6.45) is 0.905. The van der Waals surface area contributed by atoms with E-state index in [1.807, 2.05) is 54.6 Å². The molecule has 0 spiro atoms. The second-order valence-corrected chi connectivity index (χ2v) is 11.9. The zero-order chi connectivity index (χ0) is 41.9. The maximum Gasteiger partial charge on any atom is 1.00 e. The summed E-state index contributed by atoms with van der Waals surface area (Å²) in [6, 6.07) is 36.9. The van der Waals surface area contributed by atoms with Crippen molar-refractivity contribution in [2.45, 2.75) is 55.1 Å². The van der Waals surface area contributed by atoms with Gasteiger partial charge in [0, 0.05) is 24.4 Å². The first kappa shape index (κ1) is 57.9. The van der Waals surface area contributed by atoms with Crippen LogP contribution in [0.3, 0.4) is 0 Å². The second kappa shape index (κ2) is 33.6. The standard InChI is InChI=1S/C14H14O2.C12H10O.C12H12.2C2H4O2.2BHNS.2Na/c1-10-7-8-12(9-16-11(2)15)14-6-4-3-5-13(10)14;1-9-6-7-10(8-13)12-5-3-2-4-11(9)12;1-9-7-8-10(2)12-6-4-3-5-11(9)12;2*1-2(3)4;2*1-2-3;;/h3-8H,9H2,1-2H3;2-8H,1H3;3-8H,1-2H3;2*1H3,(H,3,4);2*3H;;/q;;;;;;;2*+1/p-2. The summed E-state index contributed by atoms with van der Waals surface area (Å²) < 4.78 is 10.4. The number of hydrogen-bond acceptors (Lipinski definition) is 11. The molecule has 0 N–H and O–H groups in total. The SMILES string of the molecule is CC(=O)OCc1ccc(C)c2ccccc12.CC(=O)[O-].CC(=O)[O-].Cc1ccc(C)c2ccccc12.Cc1ccc(C=O)c2ccccc12.[B]=NS.[B]=NS.[Na+].[Na+]. The number of carbonyl (C=O) groups is 4. The summed E-state index contributed by atoms with van der Waals surface area (Å²) in [4.78, 5) is 39.3. The van der Waals surface area contributed by atoms with Crippen LogP contribution >= 0.6 is 25.6 Å². The molecule has 0 saturated carbocycles. The Kier molecular flexibility index (Phi) is 34.1. The number of esters is 1. The van der Waals surface area contributed by atoms with Crippen LogP contribution in [0.4, 0.5) is 0 Å². The van der Waals surface area contributed by atoms with E-state index in [1.54, 1.807) is 0 Å². The summed E-state index contributed by atoms with van der Waals surface area (Å²) in [7, 11) is 8.67. The van der Waals surface area contributed by atoms with Crippen molar-refractivity contribution in [3.05, 3.63) is 143 Å². The summed E-state index contributed by atoms with van der Waals surface area (Å²) in [5.41, 5.74) is 6.98. The normalized spacial score (nSPS) is 8.75. The Bertz CT molecular complexity index is 2130. The molecule has 0 fully saturated rings. The number of ether oxygens (including phenoxy) is 1. The van der Waals surface area contributed by atoms with Gasteiger partial charge in [0.05, 0.1) is 0 Å². The van der Waals surface area contributed by atoms with Crippen molar-refractivity contribution >= 4 is 97.4 Å². The molecular formula is C42H44B2N2Na2O7S2. The number of aryl methyl sites for hydroxylation is 4. The number of hydrogen-bond donors (Lipinski definition) is 2. The van der Waals surface area contributed by atoms with E-state index in [2.05, 4.69) is 132 Å². The van der Waals surface area contributed by atoms with Gasteiger partial charge in [0.25, 0.3) is 0 Å². The molecule has 15 heteroatoms. The molecule has 284 valence electrons. The van der Waals surface area contributed by atoms with Crippen molar-refractivity contribution in [2.75, 3.05) is 0 Å². The molecule has 9 nitrogen and oxygen atoms in total. The molecule has 6 rings (SSSR count). The molecule has 57 heavy (non-hydrogen) atoms. The van der Waals surface area contributed by atoms with Gasteiger partial charge in [-0.15, -0.1) is 0 Å².